The van der Waals surface area contributed by atoms with E-state index in [1.807, 2.05) is 0 Å². The highest BCUT2D eigenvalue weighted by Gasteiger charge is 2.32. The molecule has 1 saturated heterocycles. The van der Waals surface area contributed by atoms with E-state index in [1.54, 1.807) is 0 Å². The van der Waals surface area contributed by atoms with Crippen LogP contribution in [0.5, 0.6) is 0 Å². The van der Waals surface area contributed by atoms with E-state index in [9.17, 15) is 26.7 Å². The summed E-state index contributed by atoms with van der Waals surface area (Å²) in [7, 11) is -4.27. The molecule has 1 aromatic carbocycles. The molecule has 8 heteroatoms. The van der Waals surface area contributed by atoms with E-state index >= 15 is 0 Å². The standard InChI is InChI=1S/C11H12F3NO3S/c12-8-4-10(14)11(5-9(8)13)19(17,18)15-3-1-2-7(16)6-15/h4-5,7,16H,1-3,6H2. The highest BCUT2D eigenvalue weighted by molar-refractivity contribution is 7.89. The topological polar surface area (TPSA) is 57.6 Å². The summed E-state index contributed by atoms with van der Waals surface area (Å²) in [5.74, 6) is -4.23. The molecule has 0 bridgehead atoms. The van der Waals surface area contributed by atoms with Gasteiger partial charge in [-0.2, -0.15) is 4.31 Å². The first-order chi connectivity index (χ1) is 8.82. The second kappa shape index (κ2) is 5.10. The lowest BCUT2D eigenvalue weighted by Gasteiger charge is -2.29. The van der Waals surface area contributed by atoms with Crippen LogP contribution in [0.3, 0.4) is 0 Å². The van der Waals surface area contributed by atoms with Crippen LogP contribution in [0.4, 0.5) is 13.2 Å². The summed E-state index contributed by atoms with van der Waals surface area (Å²) in [6.45, 7) is -0.0708. The number of rotatable bonds is 2. The number of aliphatic hydroxyl groups excluding tert-OH is 1. The Balaban J connectivity index is 2.42. The van der Waals surface area contributed by atoms with Gasteiger partial charge in [0.05, 0.1) is 6.10 Å². The quantitative estimate of drug-likeness (QED) is 0.835. The molecule has 0 amide bonds. The summed E-state index contributed by atoms with van der Waals surface area (Å²) in [6.07, 6.45) is 0.0368. The van der Waals surface area contributed by atoms with Crippen LogP contribution >= 0.6 is 0 Å². The van der Waals surface area contributed by atoms with Gasteiger partial charge in [0, 0.05) is 19.2 Å². The molecule has 0 aliphatic carbocycles. The highest BCUT2D eigenvalue weighted by atomic mass is 32.2. The number of hydrogen-bond acceptors (Lipinski definition) is 3. The molecule has 1 fully saturated rings. The summed E-state index contributed by atoms with van der Waals surface area (Å²) in [4.78, 5) is -0.916. The highest BCUT2D eigenvalue weighted by Crippen LogP contribution is 2.24. The van der Waals surface area contributed by atoms with E-state index in [-0.39, 0.29) is 19.2 Å². The molecular formula is C11H12F3NO3S. The van der Waals surface area contributed by atoms with E-state index in [0.29, 0.717) is 18.9 Å². The predicted octanol–water partition coefficient (Wildman–Crippen LogP) is 1.25. The van der Waals surface area contributed by atoms with E-state index in [1.165, 1.54) is 0 Å². The Labute approximate surface area is 108 Å². The largest absolute Gasteiger partial charge is 0.392 e. The fourth-order valence-electron chi connectivity index (χ4n) is 1.98. The molecule has 1 aromatic rings. The second-order valence-electron chi connectivity index (χ2n) is 4.36. The minimum absolute atomic E-state index is 0.109. The zero-order valence-corrected chi connectivity index (χ0v) is 10.6. The summed E-state index contributed by atoms with van der Waals surface area (Å²) >= 11 is 0. The molecular weight excluding hydrogens is 283 g/mol. The molecule has 1 atom stereocenters. The smallest absolute Gasteiger partial charge is 0.246 e. The first-order valence-corrected chi connectivity index (χ1v) is 7.09. The van der Waals surface area contributed by atoms with Crippen molar-refractivity contribution in [1.82, 2.24) is 4.31 Å². The lowest BCUT2D eigenvalue weighted by atomic mass is 10.1. The second-order valence-corrected chi connectivity index (χ2v) is 6.26. The molecule has 0 spiro atoms. The van der Waals surface area contributed by atoms with Gasteiger partial charge in [0.1, 0.15) is 10.7 Å². The van der Waals surface area contributed by atoms with E-state index in [2.05, 4.69) is 0 Å². The van der Waals surface area contributed by atoms with Gasteiger partial charge in [-0.3, -0.25) is 0 Å². The Kier molecular flexibility index (Phi) is 3.84. The minimum Gasteiger partial charge on any atom is -0.392 e. The molecule has 0 aromatic heterocycles. The van der Waals surface area contributed by atoms with Gasteiger partial charge < -0.3 is 5.11 Å². The molecule has 106 valence electrons. The van der Waals surface area contributed by atoms with E-state index < -0.39 is 38.5 Å². The average molecular weight is 295 g/mol. The lowest BCUT2D eigenvalue weighted by molar-refractivity contribution is 0.108. The van der Waals surface area contributed by atoms with Crippen molar-refractivity contribution >= 4 is 10.0 Å². The number of benzene rings is 1. The number of nitrogens with zero attached hydrogens (tertiary/aromatic N) is 1. The normalized spacial score (nSPS) is 21.6. The molecule has 2 rings (SSSR count). The molecule has 1 unspecified atom stereocenters. The number of aliphatic hydroxyl groups is 1. The Hall–Kier alpha value is -1.12. The zero-order valence-electron chi connectivity index (χ0n) is 9.81. The Bertz CT molecular complexity index is 591. The molecule has 1 aliphatic heterocycles. The SMILES string of the molecule is O=S(=O)(c1cc(F)c(F)cc1F)N1CCCC(O)C1. The van der Waals surface area contributed by atoms with Crippen LogP contribution in [0.1, 0.15) is 12.8 Å². The van der Waals surface area contributed by atoms with E-state index in [0.717, 1.165) is 4.31 Å². The van der Waals surface area contributed by atoms with Crippen LogP contribution in [0.2, 0.25) is 0 Å². The maximum absolute atomic E-state index is 13.5. The van der Waals surface area contributed by atoms with Gasteiger partial charge in [-0.15, -0.1) is 0 Å². The summed E-state index contributed by atoms with van der Waals surface area (Å²) < 4.78 is 64.4. The van der Waals surface area contributed by atoms with Gasteiger partial charge in [0.25, 0.3) is 0 Å². The van der Waals surface area contributed by atoms with Crippen molar-refractivity contribution in [3.05, 3.63) is 29.6 Å². The first kappa shape index (κ1) is 14.3. The Morgan fingerprint density at radius 2 is 1.79 bits per heavy atom. The van der Waals surface area contributed by atoms with Crippen molar-refractivity contribution in [2.75, 3.05) is 13.1 Å². The number of hydrogen-bond donors (Lipinski definition) is 1. The minimum atomic E-state index is -4.27. The van der Waals surface area contributed by atoms with E-state index in [4.69, 9.17) is 0 Å². The van der Waals surface area contributed by atoms with Gasteiger partial charge in [-0.25, -0.2) is 21.6 Å². The zero-order chi connectivity index (χ0) is 14.2. The Morgan fingerprint density at radius 1 is 1.16 bits per heavy atom. The third-order valence-electron chi connectivity index (χ3n) is 2.95. The molecule has 0 saturated carbocycles. The number of piperidine rings is 1. The fourth-order valence-corrected chi connectivity index (χ4v) is 3.55. The van der Waals surface area contributed by atoms with Crippen molar-refractivity contribution in [3.63, 3.8) is 0 Å². The number of halogens is 3. The molecule has 0 radical (unpaired) electrons. The van der Waals surface area contributed by atoms with Gasteiger partial charge in [-0.05, 0) is 18.9 Å². The molecule has 1 N–H and O–H groups in total. The first-order valence-electron chi connectivity index (χ1n) is 5.65. The summed E-state index contributed by atoms with van der Waals surface area (Å²) in [6, 6.07) is 0.517. The van der Waals surface area contributed by atoms with Crippen molar-refractivity contribution in [2.45, 2.75) is 23.8 Å². The predicted molar refractivity (Wildman–Crippen MR) is 60.3 cm³/mol. The van der Waals surface area contributed by atoms with Crippen LogP contribution in [0.15, 0.2) is 17.0 Å². The molecule has 1 heterocycles. The molecule has 1 aliphatic rings. The molecule has 19 heavy (non-hydrogen) atoms. The third-order valence-corrected chi connectivity index (χ3v) is 4.83. The van der Waals surface area contributed by atoms with Crippen molar-refractivity contribution in [2.24, 2.45) is 0 Å². The maximum atomic E-state index is 13.5. The van der Waals surface area contributed by atoms with Gasteiger partial charge >= 0.3 is 0 Å². The van der Waals surface area contributed by atoms with Gasteiger partial charge in [-0.1, -0.05) is 0 Å². The molecule has 4 nitrogen and oxygen atoms in total. The number of β-amino-alcohol motifs (C(OH)–C–C–N with tert-alkyl or cyclic N) is 1. The summed E-state index contributed by atoms with van der Waals surface area (Å²) in [5, 5.41) is 9.42. The maximum Gasteiger partial charge on any atom is 0.246 e. The third kappa shape index (κ3) is 2.75. The van der Waals surface area contributed by atoms with Crippen LogP contribution in [-0.4, -0.2) is 37.0 Å². The van der Waals surface area contributed by atoms with Crippen LogP contribution in [0, 0.1) is 17.5 Å². The van der Waals surface area contributed by atoms with Crippen LogP contribution < -0.4 is 0 Å². The van der Waals surface area contributed by atoms with Crippen molar-refractivity contribution in [3.8, 4) is 0 Å². The van der Waals surface area contributed by atoms with Crippen LogP contribution in [-0.2, 0) is 10.0 Å². The Morgan fingerprint density at radius 3 is 2.42 bits per heavy atom. The summed E-state index contributed by atoms with van der Waals surface area (Å²) in [5.41, 5.74) is 0. The van der Waals surface area contributed by atoms with Gasteiger partial charge in [0.15, 0.2) is 11.6 Å². The van der Waals surface area contributed by atoms with Crippen molar-refractivity contribution < 1.29 is 26.7 Å². The van der Waals surface area contributed by atoms with Gasteiger partial charge in [0.2, 0.25) is 10.0 Å². The van der Waals surface area contributed by atoms with Crippen LogP contribution in [0.25, 0.3) is 0 Å². The van der Waals surface area contributed by atoms with Crippen molar-refractivity contribution in [1.29, 1.82) is 0 Å². The fraction of sp³-hybridized carbons (Fsp3) is 0.455. The lowest BCUT2D eigenvalue weighted by Crippen LogP contribution is -2.42. The average Bonchev–Trinajstić information content (AvgIpc) is 2.33. The monoisotopic (exact) mass is 295 g/mol. The number of sulfonamides is 1.